The van der Waals surface area contributed by atoms with Gasteiger partial charge in [-0.05, 0) is 34.7 Å². The van der Waals surface area contributed by atoms with Gasteiger partial charge in [0.25, 0.3) is 0 Å². The van der Waals surface area contributed by atoms with Crippen LogP contribution in [0.4, 0.5) is 0 Å². The third kappa shape index (κ3) is 1.55. The Bertz CT molecular complexity index is 280. The minimum absolute atomic E-state index is 0.296. The summed E-state index contributed by atoms with van der Waals surface area (Å²) in [7, 11) is 3.20. The van der Waals surface area contributed by atoms with Crippen LogP contribution in [0.1, 0.15) is 10.5 Å². The SMILES string of the molecule is COC(=O)c1ccc(I)n1C. The monoisotopic (exact) mass is 265 g/mol. The average molecular weight is 265 g/mol. The molecule has 1 rings (SSSR count). The molecule has 11 heavy (non-hydrogen) atoms. The van der Waals surface area contributed by atoms with E-state index in [0.29, 0.717) is 5.69 Å². The minimum Gasteiger partial charge on any atom is -0.464 e. The van der Waals surface area contributed by atoms with Crippen LogP contribution in [0.3, 0.4) is 0 Å². The molecule has 0 N–H and O–H groups in total. The second-order valence-corrected chi connectivity index (χ2v) is 3.20. The Hall–Kier alpha value is -0.520. The molecular formula is C7H8INO2. The number of rotatable bonds is 1. The summed E-state index contributed by atoms with van der Waals surface area (Å²) in [6, 6.07) is 3.61. The van der Waals surface area contributed by atoms with Gasteiger partial charge in [0.1, 0.15) is 5.69 Å². The van der Waals surface area contributed by atoms with Crippen molar-refractivity contribution in [3.05, 3.63) is 21.5 Å². The lowest BCUT2D eigenvalue weighted by Gasteiger charge is -2.00. The molecule has 1 aromatic rings. The topological polar surface area (TPSA) is 31.2 Å². The lowest BCUT2D eigenvalue weighted by Crippen LogP contribution is -2.07. The van der Waals surface area contributed by atoms with E-state index in [4.69, 9.17) is 0 Å². The van der Waals surface area contributed by atoms with Crippen LogP contribution >= 0.6 is 22.6 Å². The number of hydrogen-bond donors (Lipinski definition) is 0. The van der Waals surface area contributed by atoms with Gasteiger partial charge in [0.05, 0.1) is 10.8 Å². The highest BCUT2D eigenvalue weighted by atomic mass is 127. The van der Waals surface area contributed by atoms with Crippen LogP contribution in [0.2, 0.25) is 0 Å². The van der Waals surface area contributed by atoms with Crippen LogP contribution in [-0.2, 0) is 11.8 Å². The van der Waals surface area contributed by atoms with E-state index in [0.717, 1.165) is 3.70 Å². The molecule has 0 aliphatic carbocycles. The number of aromatic nitrogens is 1. The van der Waals surface area contributed by atoms with E-state index >= 15 is 0 Å². The smallest absolute Gasteiger partial charge is 0.354 e. The number of hydrogen-bond acceptors (Lipinski definition) is 2. The number of ether oxygens (including phenoxy) is 1. The fraction of sp³-hybridized carbons (Fsp3) is 0.286. The van der Waals surface area contributed by atoms with Crippen molar-refractivity contribution in [1.29, 1.82) is 0 Å². The van der Waals surface area contributed by atoms with Gasteiger partial charge in [-0.2, -0.15) is 0 Å². The summed E-state index contributed by atoms with van der Waals surface area (Å²) in [5.41, 5.74) is 0.580. The highest BCUT2D eigenvalue weighted by Gasteiger charge is 2.10. The number of nitrogens with zero attached hydrogens (tertiary/aromatic N) is 1. The van der Waals surface area contributed by atoms with Crippen LogP contribution in [0, 0.1) is 3.70 Å². The Morgan fingerprint density at radius 1 is 1.64 bits per heavy atom. The molecule has 3 nitrogen and oxygen atoms in total. The quantitative estimate of drug-likeness (QED) is 0.568. The first kappa shape index (κ1) is 8.58. The van der Waals surface area contributed by atoms with Crippen molar-refractivity contribution in [2.24, 2.45) is 7.05 Å². The molecule has 0 saturated heterocycles. The minimum atomic E-state index is -0.296. The molecule has 0 saturated carbocycles. The standard InChI is InChI=1S/C7H8INO2/c1-9-5(7(10)11-2)3-4-6(9)8/h3-4H,1-2H3. The Kier molecular flexibility index (Phi) is 2.53. The zero-order chi connectivity index (χ0) is 8.43. The predicted molar refractivity (Wildman–Crippen MR) is 49.5 cm³/mol. The number of methoxy groups -OCH3 is 1. The van der Waals surface area contributed by atoms with E-state index in [2.05, 4.69) is 27.3 Å². The lowest BCUT2D eigenvalue weighted by molar-refractivity contribution is 0.0589. The Morgan fingerprint density at radius 3 is 2.64 bits per heavy atom. The first-order valence-corrected chi connectivity index (χ1v) is 4.14. The lowest BCUT2D eigenvalue weighted by atomic mass is 10.4. The van der Waals surface area contributed by atoms with Gasteiger partial charge in [-0.15, -0.1) is 0 Å². The Labute approximate surface area is 78.5 Å². The van der Waals surface area contributed by atoms with Gasteiger partial charge in [0, 0.05) is 7.05 Å². The van der Waals surface area contributed by atoms with E-state index in [1.807, 2.05) is 13.1 Å². The van der Waals surface area contributed by atoms with Crippen LogP contribution in [0.25, 0.3) is 0 Å². The summed E-state index contributed by atoms with van der Waals surface area (Å²) in [6.45, 7) is 0. The summed E-state index contributed by atoms with van der Waals surface area (Å²) in [6.07, 6.45) is 0. The second kappa shape index (κ2) is 3.25. The molecule has 0 unspecified atom stereocenters. The molecule has 0 amide bonds. The molecular weight excluding hydrogens is 257 g/mol. The van der Waals surface area contributed by atoms with Crippen molar-refractivity contribution in [1.82, 2.24) is 4.57 Å². The summed E-state index contributed by atoms with van der Waals surface area (Å²) < 4.78 is 7.37. The normalized spacial score (nSPS) is 9.73. The molecule has 0 aromatic carbocycles. The number of halogens is 1. The number of carbonyl (C=O) groups excluding carboxylic acids is 1. The predicted octanol–water partition coefficient (Wildman–Crippen LogP) is 1.42. The molecule has 0 bridgehead atoms. The van der Waals surface area contributed by atoms with E-state index in [1.54, 1.807) is 10.6 Å². The Balaban J connectivity index is 3.04. The maximum absolute atomic E-state index is 11.0. The van der Waals surface area contributed by atoms with Gasteiger partial charge in [0.2, 0.25) is 0 Å². The molecule has 0 aliphatic heterocycles. The zero-order valence-electron chi connectivity index (χ0n) is 6.30. The van der Waals surface area contributed by atoms with Crippen molar-refractivity contribution in [3.8, 4) is 0 Å². The number of esters is 1. The molecule has 4 heteroatoms. The van der Waals surface area contributed by atoms with E-state index in [1.165, 1.54) is 7.11 Å². The third-order valence-corrected chi connectivity index (χ3v) is 2.54. The van der Waals surface area contributed by atoms with Gasteiger partial charge in [0.15, 0.2) is 0 Å². The summed E-state index contributed by atoms with van der Waals surface area (Å²) >= 11 is 2.15. The van der Waals surface area contributed by atoms with Crippen LogP contribution in [-0.4, -0.2) is 17.6 Å². The van der Waals surface area contributed by atoms with Crippen LogP contribution in [0.15, 0.2) is 12.1 Å². The largest absolute Gasteiger partial charge is 0.464 e. The van der Waals surface area contributed by atoms with Crippen molar-refractivity contribution < 1.29 is 9.53 Å². The first-order valence-electron chi connectivity index (χ1n) is 3.06. The van der Waals surface area contributed by atoms with Gasteiger partial charge in [-0.25, -0.2) is 4.79 Å². The van der Waals surface area contributed by atoms with E-state index < -0.39 is 0 Å². The van der Waals surface area contributed by atoms with Gasteiger partial charge in [-0.1, -0.05) is 0 Å². The van der Waals surface area contributed by atoms with Crippen molar-refractivity contribution in [3.63, 3.8) is 0 Å². The van der Waals surface area contributed by atoms with Crippen LogP contribution < -0.4 is 0 Å². The number of carbonyl (C=O) groups is 1. The summed E-state index contributed by atoms with van der Waals surface area (Å²) in [5, 5.41) is 0. The van der Waals surface area contributed by atoms with Crippen molar-refractivity contribution in [2.45, 2.75) is 0 Å². The second-order valence-electron chi connectivity index (χ2n) is 2.09. The summed E-state index contributed by atoms with van der Waals surface area (Å²) in [5.74, 6) is -0.296. The van der Waals surface area contributed by atoms with Crippen LogP contribution in [0.5, 0.6) is 0 Å². The maximum atomic E-state index is 11.0. The van der Waals surface area contributed by atoms with E-state index in [-0.39, 0.29) is 5.97 Å². The first-order chi connectivity index (χ1) is 5.16. The molecule has 1 heterocycles. The molecule has 0 fully saturated rings. The fourth-order valence-corrected chi connectivity index (χ4v) is 1.24. The highest BCUT2D eigenvalue weighted by molar-refractivity contribution is 14.1. The van der Waals surface area contributed by atoms with Gasteiger partial charge < -0.3 is 9.30 Å². The summed E-state index contributed by atoms with van der Waals surface area (Å²) in [4.78, 5) is 11.0. The Morgan fingerprint density at radius 2 is 2.27 bits per heavy atom. The molecule has 60 valence electrons. The molecule has 0 radical (unpaired) electrons. The highest BCUT2D eigenvalue weighted by Crippen LogP contribution is 2.09. The van der Waals surface area contributed by atoms with Gasteiger partial charge in [-0.3, -0.25) is 0 Å². The maximum Gasteiger partial charge on any atom is 0.354 e. The fourth-order valence-electron chi connectivity index (χ4n) is 0.796. The van der Waals surface area contributed by atoms with Crippen molar-refractivity contribution >= 4 is 28.6 Å². The van der Waals surface area contributed by atoms with E-state index in [9.17, 15) is 4.79 Å². The molecule has 0 atom stereocenters. The van der Waals surface area contributed by atoms with Gasteiger partial charge >= 0.3 is 5.97 Å². The third-order valence-electron chi connectivity index (χ3n) is 1.46. The van der Waals surface area contributed by atoms with Crippen molar-refractivity contribution in [2.75, 3.05) is 7.11 Å². The molecule has 0 aliphatic rings. The molecule has 0 spiro atoms. The molecule has 1 aromatic heterocycles. The average Bonchev–Trinajstić information content (AvgIpc) is 2.32. The zero-order valence-corrected chi connectivity index (χ0v) is 8.45.